The molecule has 1 aliphatic rings. The average molecular weight is 338 g/mol. The van der Waals surface area contributed by atoms with Crippen molar-refractivity contribution in [2.45, 2.75) is 12.5 Å². The van der Waals surface area contributed by atoms with Gasteiger partial charge in [-0.05, 0) is 30.7 Å². The van der Waals surface area contributed by atoms with E-state index in [0.29, 0.717) is 16.8 Å². The number of hydrogen-bond donors (Lipinski definition) is 1. The first-order valence-electron chi connectivity index (χ1n) is 7.77. The number of methoxy groups -OCH3 is 1. The number of imide groups is 1. The summed E-state index contributed by atoms with van der Waals surface area (Å²) >= 11 is 0. The number of fused-ring (bicyclic) bond motifs is 1. The monoisotopic (exact) mass is 338 g/mol. The van der Waals surface area contributed by atoms with Crippen molar-refractivity contribution < 1.29 is 19.1 Å². The normalized spacial score (nSPS) is 15.7. The number of benzene rings is 2. The van der Waals surface area contributed by atoms with Crippen LogP contribution in [-0.2, 0) is 15.1 Å². The highest BCUT2D eigenvalue weighted by atomic mass is 16.5. The molecule has 0 aliphatic carbocycles. The van der Waals surface area contributed by atoms with Crippen molar-refractivity contribution in [3.63, 3.8) is 0 Å². The zero-order chi connectivity index (χ0) is 18.2. The molecule has 0 fully saturated rings. The van der Waals surface area contributed by atoms with E-state index in [4.69, 9.17) is 4.74 Å². The minimum atomic E-state index is -1.18. The molecule has 2 aromatic rings. The van der Waals surface area contributed by atoms with Gasteiger partial charge in [0.1, 0.15) is 0 Å². The number of anilines is 1. The molecule has 3 rings (SSSR count). The molecule has 3 amide bonds. The SMILES string of the molecule is CO[C@@](C)(C(=O)Nc1ccc2c(c1)C(=O)N(C)C2=O)c1ccccc1. The van der Waals surface area contributed by atoms with E-state index >= 15 is 0 Å². The lowest BCUT2D eigenvalue weighted by Crippen LogP contribution is -2.39. The number of ether oxygens (including phenoxy) is 1. The molecule has 0 spiro atoms. The van der Waals surface area contributed by atoms with Crippen LogP contribution < -0.4 is 5.32 Å². The van der Waals surface area contributed by atoms with E-state index in [-0.39, 0.29) is 23.3 Å². The van der Waals surface area contributed by atoms with E-state index < -0.39 is 5.60 Å². The molecule has 1 aliphatic heterocycles. The van der Waals surface area contributed by atoms with Crippen LogP contribution in [0.5, 0.6) is 0 Å². The summed E-state index contributed by atoms with van der Waals surface area (Å²) < 4.78 is 5.46. The Morgan fingerprint density at radius 1 is 1.04 bits per heavy atom. The van der Waals surface area contributed by atoms with Crippen LogP contribution in [0.3, 0.4) is 0 Å². The van der Waals surface area contributed by atoms with E-state index in [2.05, 4.69) is 5.32 Å². The number of amides is 3. The maximum Gasteiger partial charge on any atom is 0.261 e. The number of rotatable bonds is 4. The Bertz CT molecular complexity index is 863. The molecule has 0 radical (unpaired) electrons. The number of hydrogen-bond acceptors (Lipinski definition) is 4. The minimum Gasteiger partial charge on any atom is -0.364 e. The maximum atomic E-state index is 12.8. The number of carbonyl (C=O) groups excluding carboxylic acids is 3. The molecular formula is C19H18N2O4. The predicted molar refractivity (Wildman–Crippen MR) is 92.3 cm³/mol. The zero-order valence-electron chi connectivity index (χ0n) is 14.2. The molecule has 6 nitrogen and oxygen atoms in total. The summed E-state index contributed by atoms with van der Waals surface area (Å²) in [5.74, 6) is -1.09. The van der Waals surface area contributed by atoms with Crippen molar-refractivity contribution in [1.82, 2.24) is 4.90 Å². The van der Waals surface area contributed by atoms with Crippen molar-refractivity contribution in [2.75, 3.05) is 19.5 Å². The molecule has 2 aromatic carbocycles. The standard InChI is InChI=1S/C19H18N2O4/c1-19(25-3,12-7-5-4-6-8-12)18(24)20-13-9-10-14-15(11-13)17(23)21(2)16(14)22/h4-11H,1-3H3,(H,20,24)/t19-/m1/s1. The van der Waals surface area contributed by atoms with Crippen LogP contribution in [0.2, 0.25) is 0 Å². The molecule has 1 N–H and O–H groups in total. The maximum absolute atomic E-state index is 12.8. The Balaban J connectivity index is 1.89. The summed E-state index contributed by atoms with van der Waals surface area (Å²) in [7, 11) is 2.90. The molecule has 25 heavy (non-hydrogen) atoms. The summed E-state index contributed by atoms with van der Waals surface area (Å²) in [6.07, 6.45) is 0. The number of nitrogens with one attached hydrogen (secondary N) is 1. The molecule has 0 aromatic heterocycles. The van der Waals surface area contributed by atoms with Crippen molar-refractivity contribution >= 4 is 23.4 Å². The largest absolute Gasteiger partial charge is 0.364 e. The Kier molecular flexibility index (Phi) is 4.14. The Labute approximate surface area is 145 Å². The van der Waals surface area contributed by atoms with E-state index in [1.165, 1.54) is 20.2 Å². The molecule has 1 heterocycles. The first kappa shape index (κ1) is 16.9. The Morgan fingerprint density at radius 2 is 1.68 bits per heavy atom. The van der Waals surface area contributed by atoms with Gasteiger partial charge in [-0.25, -0.2) is 0 Å². The van der Waals surface area contributed by atoms with Gasteiger partial charge < -0.3 is 10.1 Å². The lowest BCUT2D eigenvalue weighted by atomic mass is 9.94. The van der Waals surface area contributed by atoms with Gasteiger partial charge in [0.15, 0.2) is 5.60 Å². The van der Waals surface area contributed by atoms with Crippen LogP contribution in [0.15, 0.2) is 48.5 Å². The highest BCUT2D eigenvalue weighted by Gasteiger charge is 2.36. The summed E-state index contributed by atoms with van der Waals surface area (Å²) in [5.41, 5.74) is 0.574. The van der Waals surface area contributed by atoms with E-state index in [1.54, 1.807) is 19.1 Å². The minimum absolute atomic E-state index is 0.282. The van der Waals surface area contributed by atoms with Gasteiger partial charge in [-0.3, -0.25) is 19.3 Å². The first-order chi connectivity index (χ1) is 11.9. The molecule has 0 saturated heterocycles. The Morgan fingerprint density at radius 3 is 2.32 bits per heavy atom. The predicted octanol–water partition coefficient (Wildman–Crippen LogP) is 2.41. The lowest BCUT2D eigenvalue weighted by Gasteiger charge is -2.27. The van der Waals surface area contributed by atoms with Crippen LogP contribution >= 0.6 is 0 Å². The highest BCUT2D eigenvalue weighted by Crippen LogP contribution is 2.28. The number of carbonyl (C=O) groups is 3. The summed E-state index contributed by atoms with van der Waals surface area (Å²) in [6.45, 7) is 1.67. The molecule has 0 saturated carbocycles. The van der Waals surface area contributed by atoms with Crippen LogP contribution in [0, 0.1) is 0 Å². The molecule has 128 valence electrons. The summed E-state index contributed by atoms with van der Waals surface area (Å²) in [4.78, 5) is 37.8. The molecule has 0 bridgehead atoms. The number of nitrogens with zero attached hydrogens (tertiary/aromatic N) is 1. The zero-order valence-corrected chi connectivity index (χ0v) is 14.2. The van der Waals surface area contributed by atoms with Gasteiger partial charge >= 0.3 is 0 Å². The fourth-order valence-electron chi connectivity index (χ4n) is 2.79. The fraction of sp³-hybridized carbons (Fsp3) is 0.211. The van der Waals surface area contributed by atoms with Crippen LogP contribution in [0.1, 0.15) is 33.2 Å². The van der Waals surface area contributed by atoms with E-state index in [1.807, 2.05) is 30.3 Å². The van der Waals surface area contributed by atoms with Crippen LogP contribution in [-0.4, -0.2) is 36.8 Å². The van der Waals surface area contributed by atoms with Gasteiger partial charge in [-0.2, -0.15) is 0 Å². The summed E-state index contributed by atoms with van der Waals surface area (Å²) in [5, 5.41) is 2.77. The van der Waals surface area contributed by atoms with E-state index in [9.17, 15) is 14.4 Å². The first-order valence-corrected chi connectivity index (χ1v) is 7.77. The van der Waals surface area contributed by atoms with Gasteiger partial charge in [0.2, 0.25) is 0 Å². The van der Waals surface area contributed by atoms with Gasteiger partial charge in [0, 0.05) is 19.8 Å². The third-order valence-electron chi connectivity index (χ3n) is 4.51. The smallest absolute Gasteiger partial charge is 0.261 e. The molecule has 1 atom stereocenters. The molecular weight excluding hydrogens is 320 g/mol. The van der Waals surface area contributed by atoms with Crippen LogP contribution in [0.25, 0.3) is 0 Å². The quantitative estimate of drug-likeness (QED) is 0.869. The molecule has 6 heteroatoms. The third kappa shape index (κ3) is 2.70. The topological polar surface area (TPSA) is 75.7 Å². The van der Waals surface area contributed by atoms with E-state index in [0.717, 1.165) is 4.90 Å². The lowest BCUT2D eigenvalue weighted by molar-refractivity contribution is -0.136. The van der Waals surface area contributed by atoms with Crippen molar-refractivity contribution in [2.24, 2.45) is 0 Å². The average Bonchev–Trinajstić information content (AvgIpc) is 2.85. The fourth-order valence-corrected chi connectivity index (χ4v) is 2.79. The third-order valence-corrected chi connectivity index (χ3v) is 4.51. The van der Waals surface area contributed by atoms with Crippen molar-refractivity contribution in [1.29, 1.82) is 0 Å². The highest BCUT2D eigenvalue weighted by molar-refractivity contribution is 6.21. The van der Waals surface area contributed by atoms with Crippen LogP contribution in [0.4, 0.5) is 5.69 Å². The van der Waals surface area contributed by atoms with Gasteiger partial charge in [-0.1, -0.05) is 30.3 Å². The van der Waals surface area contributed by atoms with Gasteiger partial charge in [-0.15, -0.1) is 0 Å². The second-order valence-corrected chi connectivity index (χ2v) is 5.99. The Hall–Kier alpha value is -2.99. The van der Waals surface area contributed by atoms with Gasteiger partial charge in [0.05, 0.1) is 11.1 Å². The second-order valence-electron chi connectivity index (χ2n) is 5.99. The van der Waals surface area contributed by atoms with Gasteiger partial charge in [0.25, 0.3) is 17.7 Å². The molecule has 0 unspecified atom stereocenters. The van der Waals surface area contributed by atoms with Crippen molar-refractivity contribution in [3.05, 3.63) is 65.2 Å². The van der Waals surface area contributed by atoms with Crippen molar-refractivity contribution in [3.8, 4) is 0 Å². The second kappa shape index (κ2) is 6.14. The summed E-state index contributed by atoms with van der Waals surface area (Å²) in [6, 6.07) is 13.8.